The van der Waals surface area contributed by atoms with E-state index < -0.39 is 97.3 Å². The number of sulfone groups is 1. The van der Waals surface area contributed by atoms with Crippen molar-refractivity contribution in [3.8, 4) is 0 Å². The molecule has 0 aliphatic carbocycles. The van der Waals surface area contributed by atoms with E-state index in [1.165, 1.54) is 0 Å². The molecule has 42 heavy (non-hydrogen) atoms. The summed E-state index contributed by atoms with van der Waals surface area (Å²) in [4.78, 5) is 12.5. The van der Waals surface area contributed by atoms with Crippen molar-refractivity contribution >= 4 is 21.8 Å². The van der Waals surface area contributed by atoms with Crippen LogP contribution in [0.25, 0.3) is 6.08 Å². The van der Waals surface area contributed by atoms with Crippen LogP contribution in [0.2, 0.25) is 0 Å². The molecule has 1 amide bonds. The third kappa shape index (κ3) is 9.94. The monoisotopic (exact) mass is 643 g/mol. The molecule has 2 aromatic rings. The quantitative estimate of drug-likeness (QED) is 0.290. The molecule has 1 N–H and O–H groups in total. The standard InChI is InChI=1S/C25H21F12NO3S/c1-13(11-42(40,41)12-23(29,30)31)38-21(39)16-6-3-14(9-19(16)25(35,36)37)4-7-17(22(2,27)28)15-5-8-18(20(26)10-15)24(32,33)34/h3-10,13,17H,11-12H2,1-2H3,(H,38,39)/b7-4+/t13-,17?/m1/s1. The number of amides is 1. The van der Waals surface area contributed by atoms with Gasteiger partial charge in [0.1, 0.15) is 11.6 Å². The summed E-state index contributed by atoms with van der Waals surface area (Å²) >= 11 is 0. The largest absolute Gasteiger partial charge is 0.419 e. The average molecular weight is 643 g/mol. The zero-order valence-corrected chi connectivity index (χ0v) is 22.2. The second-order valence-corrected chi connectivity index (χ2v) is 11.5. The fourth-order valence-electron chi connectivity index (χ4n) is 3.87. The van der Waals surface area contributed by atoms with Crippen molar-refractivity contribution in [3.63, 3.8) is 0 Å². The van der Waals surface area contributed by atoms with Gasteiger partial charge in [0.2, 0.25) is 0 Å². The molecule has 2 rings (SSSR count). The number of allylic oxidation sites excluding steroid dienone is 1. The summed E-state index contributed by atoms with van der Waals surface area (Å²) in [6.07, 6.45) is -14.1. The molecule has 0 aliphatic rings. The van der Waals surface area contributed by atoms with Crippen LogP contribution in [0, 0.1) is 5.82 Å². The highest BCUT2D eigenvalue weighted by Gasteiger charge is 2.39. The Labute approximate surface area is 231 Å². The van der Waals surface area contributed by atoms with Gasteiger partial charge in [0.25, 0.3) is 11.8 Å². The number of benzene rings is 2. The molecule has 0 heterocycles. The summed E-state index contributed by atoms with van der Waals surface area (Å²) in [5.74, 6) is -12.6. The number of alkyl halides is 11. The van der Waals surface area contributed by atoms with E-state index >= 15 is 0 Å². The first-order valence-corrected chi connectivity index (χ1v) is 13.3. The van der Waals surface area contributed by atoms with E-state index in [9.17, 15) is 65.9 Å². The lowest BCUT2D eigenvalue weighted by Crippen LogP contribution is -2.40. The minimum atomic E-state index is -5.23. The predicted octanol–water partition coefficient (Wildman–Crippen LogP) is 7.41. The van der Waals surface area contributed by atoms with Crippen LogP contribution in [0.5, 0.6) is 0 Å². The zero-order valence-electron chi connectivity index (χ0n) is 21.4. The minimum absolute atomic E-state index is 0.222. The Balaban J connectivity index is 2.39. The smallest absolute Gasteiger partial charge is 0.349 e. The Morgan fingerprint density at radius 2 is 1.45 bits per heavy atom. The summed E-state index contributed by atoms with van der Waals surface area (Å²) in [5, 5.41) is 1.86. The Kier molecular flexibility index (Phi) is 10.1. The molecular weight excluding hydrogens is 622 g/mol. The van der Waals surface area contributed by atoms with Crippen LogP contribution < -0.4 is 5.32 Å². The third-order valence-electron chi connectivity index (χ3n) is 5.54. The molecule has 0 saturated heterocycles. The van der Waals surface area contributed by atoms with Crippen molar-refractivity contribution in [2.75, 3.05) is 11.5 Å². The highest BCUT2D eigenvalue weighted by molar-refractivity contribution is 7.91. The normalized spacial score (nSPS) is 15.1. The lowest BCUT2D eigenvalue weighted by Gasteiger charge is -2.22. The molecule has 2 aromatic carbocycles. The van der Waals surface area contributed by atoms with Gasteiger partial charge in [0.15, 0.2) is 9.84 Å². The fourth-order valence-corrected chi connectivity index (χ4v) is 5.33. The molecule has 17 heteroatoms. The van der Waals surface area contributed by atoms with Gasteiger partial charge in [-0.05, 0) is 42.3 Å². The van der Waals surface area contributed by atoms with E-state index in [2.05, 4.69) is 0 Å². The minimum Gasteiger partial charge on any atom is -0.349 e. The number of carbonyl (C=O) groups excluding carboxylic acids is 1. The molecule has 0 radical (unpaired) electrons. The highest BCUT2D eigenvalue weighted by Crippen LogP contribution is 2.39. The van der Waals surface area contributed by atoms with Crippen LogP contribution >= 0.6 is 0 Å². The fraction of sp³-hybridized carbons (Fsp3) is 0.400. The molecule has 0 saturated carbocycles. The Hall–Kier alpha value is -3.24. The van der Waals surface area contributed by atoms with Crippen molar-refractivity contribution in [1.29, 1.82) is 0 Å². The molecule has 0 fully saturated rings. The van der Waals surface area contributed by atoms with Gasteiger partial charge < -0.3 is 5.32 Å². The summed E-state index contributed by atoms with van der Waals surface area (Å²) in [6.45, 7) is 1.30. The molecule has 0 spiro atoms. The first-order valence-electron chi connectivity index (χ1n) is 11.5. The van der Waals surface area contributed by atoms with Crippen molar-refractivity contribution in [3.05, 3.63) is 76.1 Å². The van der Waals surface area contributed by atoms with Gasteiger partial charge >= 0.3 is 18.5 Å². The number of rotatable bonds is 9. The van der Waals surface area contributed by atoms with Crippen molar-refractivity contribution in [2.45, 2.75) is 50.3 Å². The van der Waals surface area contributed by atoms with E-state index in [-0.39, 0.29) is 12.1 Å². The van der Waals surface area contributed by atoms with Gasteiger partial charge in [-0.3, -0.25) is 4.79 Å². The van der Waals surface area contributed by atoms with E-state index in [1.54, 1.807) is 0 Å². The molecular formula is C25H21F12NO3S. The molecule has 4 nitrogen and oxygen atoms in total. The first kappa shape index (κ1) is 35.0. The SMILES string of the molecule is C[C@H](CS(=O)(=O)CC(F)(F)F)NC(=O)c1ccc(/C=C/C(c2ccc(C(F)(F)F)c(F)c2)C(C)(F)F)cc1C(F)(F)F. The second-order valence-electron chi connectivity index (χ2n) is 9.38. The zero-order chi connectivity index (χ0) is 32.5. The van der Waals surface area contributed by atoms with E-state index in [1.807, 2.05) is 5.32 Å². The van der Waals surface area contributed by atoms with Gasteiger partial charge in [-0.25, -0.2) is 21.6 Å². The van der Waals surface area contributed by atoms with Crippen molar-refractivity contribution in [2.24, 2.45) is 0 Å². The summed E-state index contributed by atoms with van der Waals surface area (Å²) < 4.78 is 183. The van der Waals surface area contributed by atoms with Crippen LogP contribution in [-0.4, -0.2) is 44.0 Å². The molecule has 234 valence electrons. The predicted molar refractivity (Wildman–Crippen MR) is 127 cm³/mol. The maximum Gasteiger partial charge on any atom is 0.419 e. The first-order chi connectivity index (χ1) is 18.8. The number of halogens is 12. The Morgan fingerprint density at radius 1 is 0.881 bits per heavy atom. The van der Waals surface area contributed by atoms with Crippen LogP contribution in [0.15, 0.2) is 42.5 Å². The molecule has 0 aromatic heterocycles. The second kappa shape index (κ2) is 12.2. The van der Waals surface area contributed by atoms with Gasteiger partial charge in [-0.2, -0.15) is 39.5 Å². The van der Waals surface area contributed by atoms with E-state index in [0.717, 1.165) is 19.1 Å². The Bertz CT molecular complexity index is 1420. The van der Waals surface area contributed by atoms with Gasteiger partial charge in [0, 0.05) is 13.0 Å². The van der Waals surface area contributed by atoms with Gasteiger partial charge in [-0.15, -0.1) is 0 Å². The van der Waals surface area contributed by atoms with Crippen molar-refractivity contribution in [1.82, 2.24) is 5.32 Å². The number of carbonyl (C=O) groups is 1. The number of hydrogen-bond donors (Lipinski definition) is 1. The highest BCUT2D eigenvalue weighted by atomic mass is 32.2. The molecule has 0 aliphatic heterocycles. The lowest BCUT2D eigenvalue weighted by molar-refractivity contribution is -0.140. The van der Waals surface area contributed by atoms with Crippen LogP contribution in [0.1, 0.15) is 52.4 Å². The average Bonchev–Trinajstić information content (AvgIpc) is 2.74. The third-order valence-corrected chi connectivity index (χ3v) is 7.32. The number of hydrogen-bond acceptors (Lipinski definition) is 3. The summed E-state index contributed by atoms with van der Waals surface area (Å²) in [5.41, 5.74) is -5.44. The lowest BCUT2D eigenvalue weighted by atomic mass is 9.91. The van der Waals surface area contributed by atoms with Crippen LogP contribution in [-0.2, 0) is 22.2 Å². The van der Waals surface area contributed by atoms with Crippen LogP contribution in [0.4, 0.5) is 52.7 Å². The molecule has 2 atom stereocenters. The molecule has 0 bridgehead atoms. The summed E-state index contributed by atoms with van der Waals surface area (Å²) in [7, 11) is -4.79. The van der Waals surface area contributed by atoms with Gasteiger partial charge in [-0.1, -0.05) is 24.3 Å². The topological polar surface area (TPSA) is 63.2 Å². The van der Waals surface area contributed by atoms with Crippen LogP contribution in [0.3, 0.4) is 0 Å². The van der Waals surface area contributed by atoms with E-state index in [4.69, 9.17) is 0 Å². The Morgan fingerprint density at radius 3 is 1.93 bits per heavy atom. The number of nitrogens with one attached hydrogen (secondary N) is 1. The molecule has 1 unspecified atom stereocenters. The maximum atomic E-state index is 14.3. The van der Waals surface area contributed by atoms with E-state index in [0.29, 0.717) is 31.2 Å². The van der Waals surface area contributed by atoms with Crippen molar-refractivity contribution < 1.29 is 65.9 Å². The summed E-state index contributed by atoms with van der Waals surface area (Å²) in [6, 6.07) is 1.33. The van der Waals surface area contributed by atoms with Gasteiger partial charge in [0.05, 0.1) is 28.4 Å². The maximum absolute atomic E-state index is 14.3.